The minimum absolute atomic E-state index is 0.0103. The molecular weight excluding hydrogens is 286 g/mol. The summed E-state index contributed by atoms with van der Waals surface area (Å²) in [7, 11) is 0. The smallest absolute Gasteiger partial charge is 0.328 e. The molecule has 0 bridgehead atoms. The first kappa shape index (κ1) is 14.7. The highest BCUT2D eigenvalue weighted by Gasteiger charge is 2.29. The Balaban J connectivity index is 1.85. The summed E-state index contributed by atoms with van der Waals surface area (Å²) < 4.78 is 1.67. The predicted octanol–water partition coefficient (Wildman–Crippen LogP) is -0.950. The number of aliphatic hydroxyl groups excluding tert-OH is 1. The van der Waals surface area contributed by atoms with Crippen LogP contribution in [0.25, 0.3) is 0 Å². The molecule has 1 aliphatic rings. The van der Waals surface area contributed by atoms with Crippen molar-refractivity contribution in [2.45, 2.75) is 43.1 Å². The van der Waals surface area contributed by atoms with Crippen molar-refractivity contribution >= 4 is 23.6 Å². The fourth-order valence-corrected chi connectivity index (χ4v) is 2.32. The molecule has 3 N–H and O–H groups in total. The van der Waals surface area contributed by atoms with Crippen LogP contribution in [0.1, 0.15) is 25.8 Å². The first-order valence-corrected chi connectivity index (χ1v) is 7.08. The van der Waals surface area contributed by atoms with E-state index in [9.17, 15) is 14.7 Å². The van der Waals surface area contributed by atoms with E-state index in [1.165, 1.54) is 6.92 Å². The van der Waals surface area contributed by atoms with Crippen molar-refractivity contribution in [3.8, 4) is 0 Å². The molecule has 1 aliphatic carbocycles. The van der Waals surface area contributed by atoms with Gasteiger partial charge in [-0.2, -0.15) is 0 Å². The number of aliphatic hydroxyl groups is 1. The van der Waals surface area contributed by atoms with Crippen LogP contribution in [0.2, 0.25) is 0 Å². The number of hydrogen-bond acceptors (Lipinski definition) is 7. The summed E-state index contributed by atoms with van der Waals surface area (Å²) in [4.78, 5) is 22.5. The fraction of sp³-hybridized carbons (Fsp3) is 0.700. The van der Waals surface area contributed by atoms with Gasteiger partial charge in [-0.05, 0) is 30.2 Å². The Kier molecular flexibility index (Phi) is 4.55. The standard InChI is InChI=1S/C10H15N5O4S/c1-5(16)8(9(18)19)11-7(17)4-20-10-12-13-14-15(10)6-2-3-6/h5-6,8,16H,2-4H2,1H3,(H,11,17)(H,18,19). The Morgan fingerprint density at radius 2 is 2.25 bits per heavy atom. The number of nitrogens with one attached hydrogen (secondary N) is 1. The van der Waals surface area contributed by atoms with E-state index in [4.69, 9.17) is 5.11 Å². The number of hydrogen-bond donors (Lipinski definition) is 3. The zero-order valence-electron chi connectivity index (χ0n) is 10.8. The zero-order valence-corrected chi connectivity index (χ0v) is 11.6. The number of carboxylic acid groups (broad SMARTS) is 1. The summed E-state index contributed by atoms with van der Waals surface area (Å²) in [6.07, 6.45) is 0.875. The molecule has 110 valence electrons. The van der Waals surface area contributed by atoms with E-state index < -0.39 is 24.0 Å². The Morgan fingerprint density at radius 3 is 2.80 bits per heavy atom. The number of amides is 1. The SMILES string of the molecule is CC(O)C(NC(=O)CSc1nnnn1C1CC1)C(=O)O. The minimum atomic E-state index is -1.32. The summed E-state index contributed by atoms with van der Waals surface area (Å²) in [5.41, 5.74) is 0. The van der Waals surface area contributed by atoms with Crippen molar-refractivity contribution in [2.75, 3.05) is 5.75 Å². The van der Waals surface area contributed by atoms with Crippen molar-refractivity contribution in [1.29, 1.82) is 0 Å². The molecule has 0 aromatic carbocycles. The first-order valence-electron chi connectivity index (χ1n) is 6.10. The van der Waals surface area contributed by atoms with Crippen LogP contribution in [0.15, 0.2) is 5.16 Å². The van der Waals surface area contributed by atoms with Crippen LogP contribution in [0.5, 0.6) is 0 Å². The number of thioether (sulfide) groups is 1. The van der Waals surface area contributed by atoms with Gasteiger partial charge in [0.2, 0.25) is 11.1 Å². The van der Waals surface area contributed by atoms with Gasteiger partial charge in [-0.15, -0.1) is 5.10 Å². The van der Waals surface area contributed by atoms with Gasteiger partial charge >= 0.3 is 5.97 Å². The van der Waals surface area contributed by atoms with Gasteiger partial charge in [0.15, 0.2) is 6.04 Å². The molecule has 0 saturated heterocycles. The highest BCUT2D eigenvalue weighted by molar-refractivity contribution is 7.99. The predicted molar refractivity (Wildman–Crippen MR) is 68.1 cm³/mol. The lowest BCUT2D eigenvalue weighted by atomic mass is 10.2. The van der Waals surface area contributed by atoms with Crippen LogP contribution >= 0.6 is 11.8 Å². The van der Waals surface area contributed by atoms with Gasteiger partial charge < -0.3 is 15.5 Å². The molecule has 1 fully saturated rings. The minimum Gasteiger partial charge on any atom is -0.480 e. The van der Waals surface area contributed by atoms with Gasteiger partial charge in [0.25, 0.3) is 0 Å². The largest absolute Gasteiger partial charge is 0.480 e. The second kappa shape index (κ2) is 6.18. The molecule has 2 unspecified atom stereocenters. The second-order valence-corrected chi connectivity index (χ2v) is 5.49. The van der Waals surface area contributed by atoms with E-state index in [1.54, 1.807) is 4.68 Å². The number of carbonyl (C=O) groups is 2. The van der Waals surface area contributed by atoms with Crippen LogP contribution in [-0.2, 0) is 9.59 Å². The Labute approximate surface area is 118 Å². The molecule has 1 saturated carbocycles. The highest BCUT2D eigenvalue weighted by Crippen LogP contribution is 2.36. The van der Waals surface area contributed by atoms with Gasteiger partial charge in [0.1, 0.15) is 0 Å². The molecule has 1 amide bonds. The van der Waals surface area contributed by atoms with E-state index in [2.05, 4.69) is 20.8 Å². The van der Waals surface area contributed by atoms with Crippen LogP contribution in [-0.4, -0.2) is 60.2 Å². The number of carbonyl (C=O) groups excluding carboxylic acids is 1. The molecule has 1 aromatic rings. The summed E-state index contributed by atoms with van der Waals surface area (Å²) in [6.45, 7) is 1.31. The summed E-state index contributed by atoms with van der Waals surface area (Å²) in [5.74, 6) is -1.78. The van der Waals surface area contributed by atoms with Gasteiger partial charge in [-0.25, -0.2) is 9.48 Å². The van der Waals surface area contributed by atoms with Crippen LogP contribution in [0.3, 0.4) is 0 Å². The summed E-state index contributed by atoms with van der Waals surface area (Å²) >= 11 is 1.14. The van der Waals surface area contributed by atoms with Crippen LogP contribution in [0, 0.1) is 0 Å². The van der Waals surface area contributed by atoms with E-state index >= 15 is 0 Å². The maximum atomic E-state index is 11.7. The quantitative estimate of drug-likeness (QED) is 0.549. The van der Waals surface area contributed by atoms with E-state index in [0.717, 1.165) is 24.6 Å². The lowest BCUT2D eigenvalue weighted by Gasteiger charge is -2.16. The zero-order chi connectivity index (χ0) is 14.7. The monoisotopic (exact) mass is 301 g/mol. The number of aliphatic carboxylic acids is 1. The van der Waals surface area contributed by atoms with Crippen LogP contribution in [0.4, 0.5) is 0 Å². The number of aromatic nitrogens is 4. The topological polar surface area (TPSA) is 130 Å². The highest BCUT2D eigenvalue weighted by atomic mass is 32.2. The third-order valence-corrected chi connectivity index (χ3v) is 3.69. The molecule has 1 heterocycles. The van der Waals surface area contributed by atoms with Crippen molar-refractivity contribution in [3.05, 3.63) is 0 Å². The molecule has 9 nitrogen and oxygen atoms in total. The maximum absolute atomic E-state index is 11.7. The molecule has 10 heteroatoms. The molecule has 20 heavy (non-hydrogen) atoms. The Hall–Kier alpha value is -1.68. The summed E-state index contributed by atoms with van der Waals surface area (Å²) in [6, 6.07) is -1.01. The third kappa shape index (κ3) is 3.67. The Morgan fingerprint density at radius 1 is 1.55 bits per heavy atom. The molecule has 0 aliphatic heterocycles. The van der Waals surface area contributed by atoms with E-state index in [0.29, 0.717) is 11.2 Å². The third-order valence-electron chi connectivity index (χ3n) is 2.75. The molecule has 1 aromatic heterocycles. The number of tetrazole rings is 1. The normalized spacial score (nSPS) is 17.5. The van der Waals surface area contributed by atoms with Gasteiger partial charge in [0, 0.05) is 0 Å². The number of carboxylic acids is 1. The molecule has 2 atom stereocenters. The molecular formula is C10H15N5O4S. The lowest BCUT2D eigenvalue weighted by molar-refractivity contribution is -0.144. The van der Waals surface area contributed by atoms with E-state index in [-0.39, 0.29) is 5.75 Å². The lowest BCUT2D eigenvalue weighted by Crippen LogP contribution is -2.48. The average Bonchev–Trinajstić information content (AvgIpc) is 3.12. The second-order valence-electron chi connectivity index (χ2n) is 4.55. The van der Waals surface area contributed by atoms with Crippen molar-refractivity contribution in [1.82, 2.24) is 25.5 Å². The molecule has 0 radical (unpaired) electrons. The van der Waals surface area contributed by atoms with Crippen molar-refractivity contribution in [2.24, 2.45) is 0 Å². The number of rotatable bonds is 7. The average molecular weight is 301 g/mol. The van der Waals surface area contributed by atoms with Gasteiger partial charge in [-0.3, -0.25) is 4.79 Å². The Bertz CT molecular complexity index is 502. The van der Waals surface area contributed by atoms with Crippen molar-refractivity contribution < 1.29 is 19.8 Å². The van der Waals surface area contributed by atoms with Gasteiger partial charge in [0.05, 0.1) is 17.9 Å². The first-order chi connectivity index (χ1) is 9.49. The van der Waals surface area contributed by atoms with Crippen LogP contribution < -0.4 is 5.32 Å². The molecule has 0 spiro atoms. The van der Waals surface area contributed by atoms with Gasteiger partial charge in [-0.1, -0.05) is 11.8 Å². The molecule has 2 rings (SSSR count). The fourth-order valence-electron chi connectivity index (χ4n) is 1.56. The maximum Gasteiger partial charge on any atom is 0.328 e. The summed E-state index contributed by atoms with van der Waals surface area (Å²) in [5, 5.41) is 32.1. The van der Waals surface area contributed by atoms with E-state index in [1.807, 2.05) is 0 Å². The number of nitrogens with zero attached hydrogens (tertiary/aromatic N) is 4. The van der Waals surface area contributed by atoms with Crippen molar-refractivity contribution in [3.63, 3.8) is 0 Å².